The largest absolute Gasteiger partial charge is 0.478 e. The van der Waals surface area contributed by atoms with Gasteiger partial charge in [-0.3, -0.25) is 4.79 Å². The lowest BCUT2D eigenvalue weighted by molar-refractivity contribution is -0.120. The van der Waals surface area contributed by atoms with E-state index in [0.717, 1.165) is 0 Å². The van der Waals surface area contributed by atoms with Crippen LogP contribution in [0.1, 0.15) is 10.4 Å². The molecule has 1 aromatic rings. The predicted molar refractivity (Wildman–Crippen MR) is 71.9 cm³/mol. The molecular formula is C11H12Cl2N2O4. The summed E-state index contributed by atoms with van der Waals surface area (Å²) in [4.78, 5) is 22.6. The fourth-order valence-corrected chi connectivity index (χ4v) is 1.83. The zero-order chi connectivity index (χ0) is 14.4. The Hall–Kier alpha value is -1.34. The average molecular weight is 307 g/mol. The molecule has 0 bridgehead atoms. The Bertz CT molecular complexity index is 494. The van der Waals surface area contributed by atoms with Crippen molar-refractivity contribution in [1.82, 2.24) is 0 Å². The number of hydrogen-bond donors (Lipinski definition) is 3. The van der Waals surface area contributed by atoms with Gasteiger partial charge in [0.1, 0.15) is 6.61 Å². The summed E-state index contributed by atoms with van der Waals surface area (Å²) in [6.07, 6.45) is 0. The number of anilines is 1. The third kappa shape index (κ3) is 4.68. The number of halogens is 2. The molecule has 0 aliphatic heterocycles. The van der Waals surface area contributed by atoms with Crippen molar-refractivity contribution in [2.45, 2.75) is 0 Å². The maximum absolute atomic E-state index is 11.5. The number of amides is 1. The van der Waals surface area contributed by atoms with E-state index in [1.54, 1.807) is 0 Å². The van der Waals surface area contributed by atoms with Gasteiger partial charge in [0, 0.05) is 11.6 Å². The molecule has 0 spiro atoms. The number of hydrogen-bond acceptors (Lipinski definition) is 4. The quantitative estimate of drug-likeness (QED) is 0.693. The fourth-order valence-electron chi connectivity index (χ4n) is 1.29. The summed E-state index contributed by atoms with van der Waals surface area (Å²) in [6.45, 7) is 0.276. The summed E-state index contributed by atoms with van der Waals surface area (Å²) >= 11 is 11.6. The van der Waals surface area contributed by atoms with Crippen LogP contribution in [0.15, 0.2) is 12.1 Å². The minimum atomic E-state index is -1.25. The van der Waals surface area contributed by atoms with Crippen LogP contribution in [0.5, 0.6) is 0 Å². The lowest BCUT2D eigenvalue weighted by Gasteiger charge is -2.11. The van der Waals surface area contributed by atoms with Gasteiger partial charge in [-0.2, -0.15) is 0 Å². The molecule has 0 aliphatic carbocycles. The third-order valence-corrected chi connectivity index (χ3v) is 2.56. The Kier molecular flexibility index (Phi) is 6.04. The van der Waals surface area contributed by atoms with Crippen molar-refractivity contribution in [2.24, 2.45) is 5.73 Å². The first-order chi connectivity index (χ1) is 8.95. The summed E-state index contributed by atoms with van der Waals surface area (Å²) in [5.41, 5.74) is 5.00. The van der Waals surface area contributed by atoms with E-state index in [9.17, 15) is 9.59 Å². The standard InChI is InChI=1S/C11H12Cl2N2O4/c12-6-3-7(11(17)18)10(8(13)4-6)15-9(16)5-19-2-1-14/h3-4H,1-2,5,14H2,(H,15,16)(H,17,18). The van der Waals surface area contributed by atoms with Crippen LogP contribution in [-0.4, -0.2) is 36.7 Å². The number of carbonyl (C=O) groups excluding carboxylic acids is 1. The van der Waals surface area contributed by atoms with Gasteiger partial charge in [0.25, 0.3) is 0 Å². The lowest BCUT2D eigenvalue weighted by atomic mass is 10.1. The van der Waals surface area contributed by atoms with Crippen LogP contribution in [-0.2, 0) is 9.53 Å². The third-order valence-electron chi connectivity index (χ3n) is 2.05. The fraction of sp³-hybridized carbons (Fsp3) is 0.273. The number of carboxylic acid groups (broad SMARTS) is 1. The smallest absolute Gasteiger partial charge is 0.337 e. The average Bonchev–Trinajstić information content (AvgIpc) is 2.32. The Morgan fingerprint density at radius 3 is 2.63 bits per heavy atom. The molecule has 104 valence electrons. The molecule has 0 aliphatic rings. The first-order valence-corrected chi connectivity index (χ1v) is 6.01. The second kappa shape index (κ2) is 7.30. The molecule has 0 saturated carbocycles. The van der Waals surface area contributed by atoms with Gasteiger partial charge in [-0.1, -0.05) is 23.2 Å². The minimum absolute atomic E-state index is 0.0140. The number of benzene rings is 1. The summed E-state index contributed by atoms with van der Waals surface area (Å²) < 4.78 is 4.93. The van der Waals surface area contributed by atoms with E-state index in [0.29, 0.717) is 0 Å². The van der Waals surface area contributed by atoms with E-state index in [2.05, 4.69) is 5.32 Å². The number of carboxylic acids is 1. The zero-order valence-electron chi connectivity index (χ0n) is 9.78. The van der Waals surface area contributed by atoms with E-state index < -0.39 is 11.9 Å². The van der Waals surface area contributed by atoms with E-state index in [4.69, 9.17) is 38.8 Å². The SMILES string of the molecule is NCCOCC(=O)Nc1c(Cl)cc(Cl)cc1C(=O)O. The van der Waals surface area contributed by atoms with Crippen LogP contribution in [0.25, 0.3) is 0 Å². The highest BCUT2D eigenvalue weighted by molar-refractivity contribution is 6.37. The monoisotopic (exact) mass is 306 g/mol. The zero-order valence-corrected chi connectivity index (χ0v) is 11.3. The Morgan fingerprint density at radius 2 is 2.05 bits per heavy atom. The van der Waals surface area contributed by atoms with Crippen LogP contribution in [0.3, 0.4) is 0 Å². The number of carbonyl (C=O) groups is 2. The maximum Gasteiger partial charge on any atom is 0.337 e. The maximum atomic E-state index is 11.5. The van der Waals surface area contributed by atoms with Crippen molar-refractivity contribution in [1.29, 1.82) is 0 Å². The predicted octanol–water partition coefficient (Wildman–Crippen LogP) is 1.61. The molecule has 6 nitrogen and oxygen atoms in total. The molecular weight excluding hydrogens is 295 g/mol. The summed E-state index contributed by atoms with van der Waals surface area (Å²) in [5, 5.41) is 11.6. The number of ether oxygens (including phenoxy) is 1. The van der Waals surface area contributed by atoms with Gasteiger partial charge >= 0.3 is 5.97 Å². The summed E-state index contributed by atoms with van der Waals surface area (Å²) in [5.74, 6) is -1.78. The van der Waals surface area contributed by atoms with E-state index in [1.807, 2.05) is 0 Å². The van der Waals surface area contributed by atoms with Gasteiger partial charge in [-0.15, -0.1) is 0 Å². The lowest BCUT2D eigenvalue weighted by Crippen LogP contribution is -2.22. The molecule has 0 aromatic heterocycles. The molecule has 4 N–H and O–H groups in total. The Labute approximate surface area is 119 Å². The Morgan fingerprint density at radius 1 is 1.37 bits per heavy atom. The molecule has 1 rings (SSSR count). The molecule has 0 saturated heterocycles. The van der Waals surface area contributed by atoms with Crippen molar-refractivity contribution >= 4 is 40.8 Å². The van der Waals surface area contributed by atoms with Crippen molar-refractivity contribution < 1.29 is 19.4 Å². The number of nitrogens with one attached hydrogen (secondary N) is 1. The second-order valence-electron chi connectivity index (χ2n) is 3.50. The first-order valence-electron chi connectivity index (χ1n) is 5.25. The summed E-state index contributed by atoms with van der Waals surface area (Å²) in [6, 6.07) is 2.54. The highest BCUT2D eigenvalue weighted by Gasteiger charge is 2.17. The van der Waals surface area contributed by atoms with E-state index in [1.165, 1.54) is 12.1 Å². The number of nitrogens with two attached hydrogens (primary N) is 1. The van der Waals surface area contributed by atoms with Gasteiger partial charge in [0.05, 0.1) is 22.9 Å². The van der Waals surface area contributed by atoms with Crippen molar-refractivity contribution in [3.05, 3.63) is 27.7 Å². The van der Waals surface area contributed by atoms with E-state index in [-0.39, 0.29) is 41.1 Å². The first kappa shape index (κ1) is 15.7. The van der Waals surface area contributed by atoms with Gasteiger partial charge in [0.2, 0.25) is 5.91 Å². The second-order valence-corrected chi connectivity index (χ2v) is 4.35. The molecule has 0 heterocycles. The number of aromatic carboxylic acids is 1. The number of rotatable bonds is 6. The Balaban J connectivity index is 2.88. The van der Waals surface area contributed by atoms with Crippen LogP contribution >= 0.6 is 23.2 Å². The topological polar surface area (TPSA) is 102 Å². The molecule has 0 unspecified atom stereocenters. The normalized spacial score (nSPS) is 10.3. The van der Waals surface area contributed by atoms with Crippen molar-refractivity contribution in [2.75, 3.05) is 25.1 Å². The highest BCUT2D eigenvalue weighted by Crippen LogP contribution is 2.30. The molecule has 1 aromatic carbocycles. The van der Waals surface area contributed by atoms with Crippen LogP contribution < -0.4 is 11.1 Å². The van der Waals surface area contributed by atoms with Gasteiger partial charge < -0.3 is 20.9 Å². The molecule has 8 heteroatoms. The van der Waals surface area contributed by atoms with Gasteiger partial charge in [0.15, 0.2) is 0 Å². The minimum Gasteiger partial charge on any atom is -0.478 e. The van der Waals surface area contributed by atoms with E-state index >= 15 is 0 Å². The highest BCUT2D eigenvalue weighted by atomic mass is 35.5. The van der Waals surface area contributed by atoms with Crippen molar-refractivity contribution in [3.63, 3.8) is 0 Å². The van der Waals surface area contributed by atoms with Gasteiger partial charge in [-0.05, 0) is 12.1 Å². The molecule has 19 heavy (non-hydrogen) atoms. The van der Waals surface area contributed by atoms with Crippen LogP contribution in [0.4, 0.5) is 5.69 Å². The van der Waals surface area contributed by atoms with Crippen molar-refractivity contribution in [3.8, 4) is 0 Å². The molecule has 0 radical (unpaired) electrons. The van der Waals surface area contributed by atoms with Gasteiger partial charge in [-0.25, -0.2) is 4.79 Å². The van der Waals surface area contributed by atoms with Crippen LogP contribution in [0.2, 0.25) is 10.0 Å². The summed E-state index contributed by atoms with van der Waals surface area (Å²) in [7, 11) is 0. The molecule has 1 amide bonds. The molecule has 0 atom stereocenters. The molecule has 0 fully saturated rings. The van der Waals surface area contributed by atoms with Crippen LogP contribution in [0, 0.1) is 0 Å².